The Morgan fingerprint density at radius 1 is 1.12 bits per heavy atom. The number of benzene rings is 1. The number of amides is 1. The lowest BCUT2D eigenvalue weighted by Crippen LogP contribution is -2.39. The molecule has 2 rings (SSSR count). The van der Waals surface area contributed by atoms with Crippen LogP contribution in [0, 0.1) is 13.8 Å². The molecule has 3 N–H and O–H groups in total. The molecule has 140 valence electrons. The standard InChI is InChI=1S/C19H27N5OS/c1-13-14(2)26-18(23-13)10-12-22-19(20-4)21-11-9-16-5-7-17(8-6-16)24-15(3)25/h5-8H,9-12H2,1-4H3,(H,24,25)(H2,20,21,22). The summed E-state index contributed by atoms with van der Waals surface area (Å²) in [4.78, 5) is 21.1. The fraction of sp³-hybridized carbons (Fsp3) is 0.421. The van der Waals surface area contributed by atoms with Crippen LogP contribution in [0.2, 0.25) is 0 Å². The number of rotatable bonds is 7. The number of nitrogens with zero attached hydrogens (tertiary/aromatic N) is 2. The summed E-state index contributed by atoms with van der Waals surface area (Å²) in [6.45, 7) is 7.25. The molecule has 1 heterocycles. The van der Waals surface area contributed by atoms with Crippen LogP contribution < -0.4 is 16.0 Å². The molecule has 0 atom stereocenters. The van der Waals surface area contributed by atoms with Crippen molar-refractivity contribution in [3.8, 4) is 0 Å². The molecule has 0 aliphatic rings. The highest BCUT2D eigenvalue weighted by Crippen LogP contribution is 2.16. The Hall–Kier alpha value is -2.41. The van der Waals surface area contributed by atoms with E-state index in [1.807, 2.05) is 31.2 Å². The third kappa shape index (κ3) is 6.48. The van der Waals surface area contributed by atoms with Gasteiger partial charge in [0.1, 0.15) is 0 Å². The van der Waals surface area contributed by atoms with Crippen molar-refractivity contribution < 1.29 is 4.79 Å². The van der Waals surface area contributed by atoms with Gasteiger partial charge in [-0.3, -0.25) is 9.79 Å². The minimum Gasteiger partial charge on any atom is -0.356 e. The van der Waals surface area contributed by atoms with E-state index < -0.39 is 0 Å². The van der Waals surface area contributed by atoms with Gasteiger partial charge in [-0.25, -0.2) is 4.98 Å². The van der Waals surface area contributed by atoms with Gasteiger partial charge in [-0.1, -0.05) is 12.1 Å². The lowest BCUT2D eigenvalue weighted by molar-refractivity contribution is -0.114. The summed E-state index contributed by atoms with van der Waals surface area (Å²) in [6.07, 6.45) is 1.77. The first kappa shape index (κ1) is 19.9. The number of carbonyl (C=O) groups is 1. The summed E-state index contributed by atoms with van der Waals surface area (Å²) < 4.78 is 0. The molecule has 6 nitrogen and oxygen atoms in total. The number of thiazole rings is 1. The Bertz CT molecular complexity index is 732. The van der Waals surface area contributed by atoms with Gasteiger partial charge in [0, 0.05) is 44.0 Å². The number of guanidine groups is 1. The molecule has 0 aliphatic heterocycles. The van der Waals surface area contributed by atoms with E-state index in [4.69, 9.17) is 0 Å². The van der Waals surface area contributed by atoms with Crippen LogP contribution in [0.3, 0.4) is 0 Å². The van der Waals surface area contributed by atoms with E-state index in [0.717, 1.165) is 48.3 Å². The molecule has 0 fully saturated rings. The van der Waals surface area contributed by atoms with Crippen molar-refractivity contribution in [2.45, 2.75) is 33.6 Å². The second-order valence-electron chi connectivity index (χ2n) is 6.05. The first-order valence-electron chi connectivity index (χ1n) is 8.72. The fourth-order valence-electron chi connectivity index (χ4n) is 2.44. The number of anilines is 1. The van der Waals surface area contributed by atoms with E-state index in [0.29, 0.717) is 0 Å². The van der Waals surface area contributed by atoms with Crippen molar-refractivity contribution in [1.29, 1.82) is 0 Å². The minimum atomic E-state index is -0.0580. The molecule has 0 unspecified atom stereocenters. The van der Waals surface area contributed by atoms with E-state index in [9.17, 15) is 4.79 Å². The number of hydrogen-bond donors (Lipinski definition) is 3. The zero-order valence-electron chi connectivity index (χ0n) is 15.8. The number of aryl methyl sites for hydroxylation is 2. The van der Waals surface area contributed by atoms with E-state index in [1.165, 1.54) is 17.4 Å². The number of nitrogens with one attached hydrogen (secondary N) is 3. The van der Waals surface area contributed by atoms with Crippen LogP contribution in [-0.2, 0) is 17.6 Å². The fourth-order valence-corrected chi connectivity index (χ4v) is 3.37. The van der Waals surface area contributed by atoms with Gasteiger partial charge in [0.15, 0.2) is 5.96 Å². The maximum atomic E-state index is 11.0. The van der Waals surface area contributed by atoms with Crippen LogP contribution >= 0.6 is 11.3 Å². The van der Waals surface area contributed by atoms with Gasteiger partial charge in [-0.05, 0) is 38.0 Å². The van der Waals surface area contributed by atoms with Gasteiger partial charge in [-0.2, -0.15) is 0 Å². The van der Waals surface area contributed by atoms with Crippen molar-refractivity contribution >= 4 is 28.9 Å². The summed E-state index contributed by atoms with van der Waals surface area (Å²) in [5.41, 5.74) is 3.15. The van der Waals surface area contributed by atoms with Crippen LogP contribution in [-0.4, -0.2) is 37.0 Å². The Kier molecular flexibility index (Phi) is 7.59. The first-order valence-corrected chi connectivity index (χ1v) is 9.53. The molecular weight excluding hydrogens is 346 g/mol. The van der Waals surface area contributed by atoms with Gasteiger partial charge in [0.2, 0.25) is 5.91 Å². The number of carbonyl (C=O) groups excluding carboxylic acids is 1. The van der Waals surface area contributed by atoms with Gasteiger partial charge in [0.25, 0.3) is 0 Å². The summed E-state index contributed by atoms with van der Waals surface area (Å²) in [6, 6.07) is 7.89. The Balaban J connectivity index is 1.70. The molecule has 2 aromatic rings. The van der Waals surface area contributed by atoms with Crippen molar-refractivity contribution in [3.63, 3.8) is 0 Å². The third-order valence-corrected chi connectivity index (χ3v) is 5.04. The smallest absolute Gasteiger partial charge is 0.221 e. The van der Waals surface area contributed by atoms with Crippen LogP contribution in [0.5, 0.6) is 0 Å². The lowest BCUT2D eigenvalue weighted by Gasteiger charge is -2.11. The second kappa shape index (κ2) is 9.91. The van der Waals surface area contributed by atoms with Gasteiger partial charge < -0.3 is 16.0 Å². The maximum absolute atomic E-state index is 11.0. The summed E-state index contributed by atoms with van der Waals surface area (Å²) in [5, 5.41) is 10.6. The molecule has 0 saturated carbocycles. The topological polar surface area (TPSA) is 78.4 Å². The molecule has 0 aliphatic carbocycles. The average molecular weight is 374 g/mol. The van der Waals surface area contributed by atoms with Crippen molar-refractivity contribution in [2.24, 2.45) is 4.99 Å². The molecule has 0 spiro atoms. The van der Waals surface area contributed by atoms with Crippen molar-refractivity contribution in [2.75, 3.05) is 25.5 Å². The zero-order valence-corrected chi connectivity index (χ0v) is 16.7. The van der Waals surface area contributed by atoms with Crippen LogP contribution in [0.1, 0.15) is 28.1 Å². The normalized spacial score (nSPS) is 11.3. The molecule has 0 saturated heterocycles. The maximum Gasteiger partial charge on any atom is 0.221 e. The van der Waals surface area contributed by atoms with Crippen molar-refractivity contribution in [1.82, 2.24) is 15.6 Å². The highest BCUT2D eigenvalue weighted by molar-refractivity contribution is 7.11. The van der Waals surface area contributed by atoms with Crippen LogP contribution in [0.15, 0.2) is 29.3 Å². The minimum absolute atomic E-state index is 0.0580. The Morgan fingerprint density at radius 2 is 1.77 bits per heavy atom. The van der Waals surface area contributed by atoms with E-state index in [1.54, 1.807) is 18.4 Å². The Labute approximate surface area is 159 Å². The van der Waals surface area contributed by atoms with Gasteiger partial charge >= 0.3 is 0 Å². The molecular formula is C19H27N5OS. The van der Waals surface area contributed by atoms with Gasteiger partial charge in [-0.15, -0.1) is 11.3 Å². The van der Waals surface area contributed by atoms with E-state index in [-0.39, 0.29) is 5.91 Å². The van der Waals surface area contributed by atoms with Gasteiger partial charge in [0.05, 0.1) is 10.7 Å². The first-order chi connectivity index (χ1) is 12.5. The van der Waals surface area contributed by atoms with Crippen LogP contribution in [0.25, 0.3) is 0 Å². The quantitative estimate of drug-likeness (QED) is 0.515. The van der Waals surface area contributed by atoms with E-state index in [2.05, 4.69) is 32.9 Å². The third-order valence-electron chi connectivity index (χ3n) is 3.91. The molecule has 1 amide bonds. The summed E-state index contributed by atoms with van der Waals surface area (Å²) in [5.74, 6) is 0.738. The number of aromatic nitrogens is 1. The highest BCUT2D eigenvalue weighted by atomic mass is 32.1. The summed E-state index contributed by atoms with van der Waals surface area (Å²) >= 11 is 1.76. The van der Waals surface area contributed by atoms with Crippen molar-refractivity contribution in [3.05, 3.63) is 45.4 Å². The molecule has 7 heteroatoms. The highest BCUT2D eigenvalue weighted by Gasteiger charge is 2.04. The molecule has 0 radical (unpaired) electrons. The Morgan fingerprint density at radius 3 is 2.31 bits per heavy atom. The molecule has 1 aromatic heterocycles. The number of aliphatic imine (C=N–C) groups is 1. The number of hydrogen-bond acceptors (Lipinski definition) is 4. The molecule has 0 bridgehead atoms. The monoisotopic (exact) mass is 373 g/mol. The lowest BCUT2D eigenvalue weighted by atomic mass is 10.1. The average Bonchev–Trinajstić information content (AvgIpc) is 2.92. The predicted molar refractivity (Wildman–Crippen MR) is 109 cm³/mol. The second-order valence-corrected chi connectivity index (χ2v) is 7.34. The molecule has 26 heavy (non-hydrogen) atoms. The zero-order chi connectivity index (χ0) is 18.9. The summed E-state index contributed by atoms with van der Waals surface area (Å²) in [7, 11) is 1.77. The SMILES string of the molecule is CN=C(NCCc1ccc(NC(C)=O)cc1)NCCc1nc(C)c(C)s1. The van der Waals surface area contributed by atoms with E-state index >= 15 is 0 Å². The largest absolute Gasteiger partial charge is 0.356 e. The van der Waals surface area contributed by atoms with Crippen LogP contribution in [0.4, 0.5) is 5.69 Å². The molecule has 1 aromatic carbocycles. The predicted octanol–water partition coefficient (Wildman–Crippen LogP) is 2.67.